The Hall–Kier alpha value is -2.40. The zero-order valence-corrected chi connectivity index (χ0v) is 24.0. The molecule has 0 bridgehead atoms. The van der Waals surface area contributed by atoms with Gasteiger partial charge in [0.1, 0.15) is 17.9 Å². The lowest BCUT2D eigenvalue weighted by atomic mass is 10.1. The van der Waals surface area contributed by atoms with Gasteiger partial charge in [0.15, 0.2) is 0 Å². The largest absolute Gasteiger partial charge is 0.487 e. The SMILES string of the molecule is CCc1ccc(N2C(=O)NC(=O)/C(=C/c3cc(Br)c(OCc4ccc(Cl)c(Cl)c4)c(I)c3)C2=O)cc1. The van der Waals surface area contributed by atoms with E-state index in [2.05, 4.69) is 43.8 Å². The molecule has 1 aliphatic heterocycles. The molecule has 10 heteroatoms. The van der Waals surface area contributed by atoms with Crippen LogP contribution in [0, 0.1) is 3.57 Å². The van der Waals surface area contributed by atoms with Crippen LogP contribution in [0.1, 0.15) is 23.6 Å². The van der Waals surface area contributed by atoms with Gasteiger partial charge in [0.25, 0.3) is 11.8 Å². The number of nitrogens with zero attached hydrogens (tertiary/aromatic N) is 1. The van der Waals surface area contributed by atoms with Gasteiger partial charge < -0.3 is 4.74 Å². The fourth-order valence-electron chi connectivity index (χ4n) is 3.52. The predicted octanol–water partition coefficient (Wildman–Crippen LogP) is 7.17. The van der Waals surface area contributed by atoms with E-state index in [9.17, 15) is 14.4 Å². The van der Waals surface area contributed by atoms with Crippen LogP contribution in [-0.2, 0) is 22.6 Å². The molecule has 0 saturated carbocycles. The molecular weight excluding hydrogens is 682 g/mol. The first-order chi connectivity index (χ1) is 17.2. The number of amides is 4. The Morgan fingerprint density at radius 1 is 1.00 bits per heavy atom. The first-order valence-electron chi connectivity index (χ1n) is 10.7. The van der Waals surface area contributed by atoms with Gasteiger partial charge in [-0.15, -0.1) is 0 Å². The summed E-state index contributed by atoms with van der Waals surface area (Å²) in [5, 5.41) is 3.15. The molecule has 3 aromatic carbocycles. The van der Waals surface area contributed by atoms with Gasteiger partial charge in [-0.1, -0.05) is 48.3 Å². The third-order valence-corrected chi connectivity index (χ3v) is 7.53. The molecule has 0 aromatic heterocycles. The highest BCUT2D eigenvalue weighted by Crippen LogP contribution is 2.34. The number of nitrogens with one attached hydrogen (secondary N) is 1. The van der Waals surface area contributed by atoms with Crippen LogP contribution >= 0.6 is 61.7 Å². The molecule has 0 unspecified atom stereocenters. The number of rotatable bonds is 6. The third-order valence-electron chi connectivity index (χ3n) is 5.40. The number of carbonyl (C=O) groups excluding carboxylic acids is 3. The number of carbonyl (C=O) groups is 3. The van der Waals surface area contributed by atoms with Crippen LogP contribution in [0.5, 0.6) is 5.75 Å². The second-order valence-electron chi connectivity index (χ2n) is 7.83. The molecule has 1 aliphatic rings. The third kappa shape index (κ3) is 5.77. The number of ether oxygens (including phenoxy) is 1. The van der Waals surface area contributed by atoms with Gasteiger partial charge in [-0.25, -0.2) is 9.69 Å². The summed E-state index contributed by atoms with van der Waals surface area (Å²) in [4.78, 5) is 39.1. The van der Waals surface area contributed by atoms with Gasteiger partial charge in [0.2, 0.25) is 0 Å². The molecule has 3 aromatic rings. The van der Waals surface area contributed by atoms with Gasteiger partial charge in [0, 0.05) is 0 Å². The van der Waals surface area contributed by atoms with Gasteiger partial charge in [-0.2, -0.15) is 0 Å². The number of urea groups is 1. The van der Waals surface area contributed by atoms with Crippen LogP contribution in [0.4, 0.5) is 10.5 Å². The lowest BCUT2D eigenvalue weighted by molar-refractivity contribution is -0.122. The van der Waals surface area contributed by atoms with E-state index >= 15 is 0 Å². The summed E-state index contributed by atoms with van der Waals surface area (Å²) in [6.45, 7) is 2.27. The van der Waals surface area contributed by atoms with E-state index in [0.717, 1.165) is 26.0 Å². The van der Waals surface area contributed by atoms with E-state index in [4.69, 9.17) is 27.9 Å². The zero-order valence-electron chi connectivity index (χ0n) is 18.8. The van der Waals surface area contributed by atoms with Gasteiger partial charge in [0.05, 0.1) is 23.8 Å². The van der Waals surface area contributed by atoms with Crippen LogP contribution in [0.2, 0.25) is 10.0 Å². The van der Waals surface area contributed by atoms with E-state index in [1.54, 1.807) is 36.4 Å². The monoisotopic (exact) mass is 698 g/mol. The lowest BCUT2D eigenvalue weighted by Crippen LogP contribution is -2.54. The minimum atomic E-state index is -0.784. The summed E-state index contributed by atoms with van der Waals surface area (Å²) < 4.78 is 7.35. The lowest BCUT2D eigenvalue weighted by Gasteiger charge is -2.26. The maximum atomic E-state index is 13.2. The van der Waals surface area contributed by atoms with Crippen molar-refractivity contribution in [2.75, 3.05) is 4.90 Å². The number of benzene rings is 3. The van der Waals surface area contributed by atoms with Crippen LogP contribution < -0.4 is 15.0 Å². The molecule has 1 fully saturated rings. The topological polar surface area (TPSA) is 75.7 Å². The highest BCUT2D eigenvalue weighted by Gasteiger charge is 2.36. The maximum Gasteiger partial charge on any atom is 0.335 e. The molecule has 0 spiro atoms. The average molecular weight is 700 g/mol. The number of anilines is 1. The van der Waals surface area contributed by atoms with E-state index in [1.807, 2.05) is 25.1 Å². The van der Waals surface area contributed by atoms with E-state index in [1.165, 1.54) is 6.08 Å². The molecule has 1 N–H and O–H groups in total. The Kier molecular flexibility index (Phi) is 8.39. The quantitative estimate of drug-likeness (QED) is 0.168. The molecule has 36 heavy (non-hydrogen) atoms. The van der Waals surface area contributed by atoms with Crippen molar-refractivity contribution in [3.05, 3.63) is 94.9 Å². The molecule has 4 amide bonds. The Bertz CT molecular complexity index is 1390. The van der Waals surface area contributed by atoms with Gasteiger partial charge >= 0.3 is 6.03 Å². The smallest absolute Gasteiger partial charge is 0.335 e. The Balaban J connectivity index is 1.59. The zero-order chi connectivity index (χ0) is 26.0. The van der Waals surface area contributed by atoms with Crippen LogP contribution in [0.25, 0.3) is 6.08 Å². The number of aryl methyl sites for hydroxylation is 1. The average Bonchev–Trinajstić information content (AvgIpc) is 2.83. The Morgan fingerprint density at radius 3 is 2.33 bits per heavy atom. The molecule has 0 aliphatic carbocycles. The van der Waals surface area contributed by atoms with Crippen molar-refractivity contribution in [3.63, 3.8) is 0 Å². The Morgan fingerprint density at radius 2 is 1.69 bits per heavy atom. The second-order valence-corrected chi connectivity index (χ2v) is 10.7. The molecule has 4 rings (SSSR count). The van der Waals surface area contributed by atoms with Crippen LogP contribution in [-0.4, -0.2) is 17.8 Å². The van der Waals surface area contributed by atoms with Crippen molar-refractivity contribution in [2.24, 2.45) is 0 Å². The first-order valence-corrected chi connectivity index (χ1v) is 13.4. The molecule has 6 nitrogen and oxygen atoms in total. The normalized spacial score (nSPS) is 14.9. The van der Waals surface area contributed by atoms with Crippen molar-refractivity contribution in [2.45, 2.75) is 20.0 Å². The summed E-state index contributed by atoms with van der Waals surface area (Å²) in [5.74, 6) is -0.854. The highest BCUT2D eigenvalue weighted by atomic mass is 127. The molecule has 184 valence electrons. The number of imide groups is 2. The molecule has 1 heterocycles. The van der Waals surface area contributed by atoms with Crippen molar-refractivity contribution >= 4 is 91.3 Å². The summed E-state index contributed by atoms with van der Waals surface area (Å²) in [7, 11) is 0. The van der Waals surface area contributed by atoms with E-state index in [0.29, 0.717) is 31.5 Å². The summed E-state index contributed by atoms with van der Waals surface area (Å²) >= 11 is 17.7. The predicted molar refractivity (Wildman–Crippen MR) is 152 cm³/mol. The maximum absolute atomic E-state index is 13.2. The summed E-state index contributed by atoms with van der Waals surface area (Å²) in [6.07, 6.45) is 2.28. The fraction of sp³-hybridized carbons (Fsp3) is 0.115. The minimum absolute atomic E-state index is 0.152. The van der Waals surface area contributed by atoms with E-state index < -0.39 is 17.8 Å². The van der Waals surface area contributed by atoms with E-state index in [-0.39, 0.29) is 12.2 Å². The summed E-state index contributed by atoms with van der Waals surface area (Å²) in [5.41, 5.74) is 2.73. The van der Waals surface area contributed by atoms with Crippen LogP contribution in [0.15, 0.2) is 64.6 Å². The van der Waals surface area contributed by atoms with Crippen molar-refractivity contribution in [1.82, 2.24) is 5.32 Å². The second kappa shape index (κ2) is 11.3. The van der Waals surface area contributed by atoms with Gasteiger partial charge in [-0.05, 0) is 104 Å². The fourth-order valence-corrected chi connectivity index (χ4v) is 5.61. The molecule has 0 radical (unpaired) electrons. The van der Waals surface area contributed by atoms with Gasteiger partial charge in [-0.3, -0.25) is 14.9 Å². The molecular formula is C26H18BrCl2IN2O4. The number of hydrogen-bond acceptors (Lipinski definition) is 4. The van der Waals surface area contributed by atoms with Crippen molar-refractivity contribution < 1.29 is 19.1 Å². The first kappa shape index (κ1) is 26.7. The summed E-state index contributed by atoms with van der Waals surface area (Å²) in [6, 6.07) is 15.0. The number of halogens is 4. The van der Waals surface area contributed by atoms with Crippen LogP contribution in [0.3, 0.4) is 0 Å². The Labute approximate surface area is 239 Å². The minimum Gasteiger partial charge on any atom is -0.487 e. The number of hydrogen-bond donors (Lipinski definition) is 1. The van der Waals surface area contributed by atoms with Crippen molar-refractivity contribution in [1.29, 1.82) is 0 Å². The number of barbiturate groups is 1. The molecule has 1 saturated heterocycles. The highest BCUT2D eigenvalue weighted by molar-refractivity contribution is 14.1. The standard InChI is InChI=1S/C26H18BrCl2IN2O4/c1-2-14-3-6-17(7-4-14)32-25(34)18(24(33)31-26(32)35)9-16-10-19(27)23(22(30)12-16)36-13-15-5-8-20(28)21(29)11-15/h3-12H,2,13H2,1H3,(H,31,33,35)/b18-9-. The van der Waals surface area contributed by atoms with Crippen molar-refractivity contribution in [3.8, 4) is 5.75 Å². The molecule has 0 atom stereocenters.